The van der Waals surface area contributed by atoms with Gasteiger partial charge in [-0.25, -0.2) is 9.97 Å². The Hall–Kier alpha value is -0.810. The summed E-state index contributed by atoms with van der Waals surface area (Å²) in [6.07, 6.45) is 0. The summed E-state index contributed by atoms with van der Waals surface area (Å²) in [7, 11) is 1.90. The van der Waals surface area contributed by atoms with Crippen LogP contribution in [0.25, 0.3) is 0 Å². The summed E-state index contributed by atoms with van der Waals surface area (Å²) in [5.41, 5.74) is 0. The third-order valence-electron chi connectivity index (χ3n) is 3.04. The summed E-state index contributed by atoms with van der Waals surface area (Å²) in [6, 6.07) is 2.03. The Kier molecular flexibility index (Phi) is 7.16. The summed E-state index contributed by atoms with van der Waals surface area (Å²) >= 11 is 1.81. The van der Waals surface area contributed by atoms with Gasteiger partial charge in [0.05, 0.1) is 0 Å². The lowest BCUT2D eigenvalue weighted by molar-refractivity contribution is 0.324. The van der Waals surface area contributed by atoms with Gasteiger partial charge in [0.15, 0.2) is 0 Å². The second kappa shape index (κ2) is 8.38. The SMILES string of the molecule is CCN(CC)CCSc1cc(NC)nc(C(C)C)n1. The second-order valence-corrected chi connectivity index (χ2v) is 5.84. The van der Waals surface area contributed by atoms with Crippen LogP contribution in [0.1, 0.15) is 39.4 Å². The Morgan fingerprint density at radius 3 is 2.47 bits per heavy atom. The van der Waals surface area contributed by atoms with Gasteiger partial charge in [-0.1, -0.05) is 27.7 Å². The van der Waals surface area contributed by atoms with Crippen LogP contribution >= 0.6 is 11.8 Å². The van der Waals surface area contributed by atoms with E-state index in [1.807, 2.05) is 24.9 Å². The van der Waals surface area contributed by atoms with Crippen molar-refractivity contribution in [3.63, 3.8) is 0 Å². The zero-order chi connectivity index (χ0) is 14.3. The highest BCUT2D eigenvalue weighted by Gasteiger charge is 2.08. The lowest BCUT2D eigenvalue weighted by Crippen LogP contribution is -2.25. The Balaban J connectivity index is 2.64. The molecule has 0 fully saturated rings. The van der Waals surface area contributed by atoms with E-state index in [1.54, 1.807) is 0 Å². The van der Waals surface area contributed by atoms with Crippen LogP contribution in [-0.4, -0.2) is 47.3 Å². The molecular weight excluding hydrogens is 256 g/mol. The molecule has 0 radical (unpaired) electrons. The van der Waals surface area contributed by atoms with Gasteiger partial charge in [-0.2, -0.15) is 0 Å². The molecule has 0 aliphatic rings. The minimum absolute atomic E-state index is 0.357. The summed E-state index contributed by atoms with van der Waals surface area (Å²) in [4.78, 5) is 11.5. The maximum Gasteiger partial charge on any atom is 0.134 e. The predicted molar refractivity (Wildman–Crippen MR) is 84.2 cm³/mol. The fourth-order valence-corrected chi connectivity index (χ4v) is 2.63. The fourth-order valence-electron chi connectivity index (χ4n) is 1.72. The molecule has 0 aliphatic heterocycles. The molecule has 19 heavy (non-hydrogen) atoms. The van der Waals surface area contributed by atoms with E-state index >= 15 is 0 Å². The Bertz CT molecular complexity index is 378. The second-order valence-electron chi connectivity index (χ2n) is 4.73. The van der Waals surface area contributed by atoms with Crippen molar-refractivity contribution in [3.05, 3.63) is 11.9 Å². The van der Waals surface area contributed by atoms with Gasteiger partial charge >= 0.3 is 0 Å². The maximum atomic E-state index is 4.62. The molecule has 1 aromatic heterocycles. The maximum absolute atomic E-state index is 4.62. The average molecular weight is 282 g/mol. The number of hydrogen-bond donors (Lipinski definition) is 1. The molecule has 108 valence electrons. The molecule has 0 saturated heterocycles. The minimum atomic E-state index is 0.357. The van der Waals surface area contributed by atoms with E-state index < -0.39 is 0 Å². The van der Waals surface area contributed by atoms with Crippen LogP contribution in [-0.2, 0) is 0 Å². The quantitative estimate of drug-likeness (QED) is 0.586. The van der Waals surface area contributed by atoms with Crippen LogP contribution < -0.4 is 5.32 Å². The van der Waals surface area contributed by atoms with Crippen LogP contribution in [0.3, 0.4) is 0 Å². The molecule has 0 amide bonds. The van der Waals surface area contributed by atoms with Crippen molar-refractivity contribution in [2.75, 3.05) is 37.8 Å². The zero-order valence-corrected chi connectivity index (χ0v) is 13.5. The zero-order valence-electron chi connectivity index (χ0n) is 12.7. The lowest BCUT2D eigenvalue weighted by atomic mass is 10.2. The first-order valence-corrected chi connectivity index (χ1v) is 8.01. The number of hydrogen-bond acceptors (Lipinski definition) is 5. The summed E-state index contributed by atoms with van der Waals surface area (Å²) < 4.78 is 0. The van der Waals surface area contributed by atoms with Crippen molar-refractivity contribution in [1.29, 1.82) is 0 Å². The highest BCUT2D eigenvalue weighted by Crippen LogP contribution is 2.21. The van der Waals surface area contributed by atoms with E-state index in [-0.39, 0.29) is 0 Å². The number of nitrogens with zero attached hydrogens (tertiary/aromatic N) is 3. The minimum Gasteiger partial charge on any atom is -0.373 e. The number of nitrogens with one attached hydrogen (secondary N) is 1. The molecule has 1 rings (SSSR count). The first-order valence-electron chi connectivity index (χ1n) is 7.02. The van der Waals surface area contributed by atoms with Gasteiger partial charge < -0.3 is 10.2 Å². The topological polar surface area (TPSA) is 41.0 Å². The summed E-state index contributed by atoms with van der Waals surface area (Å²) in [5.74, 6) is 3.25. The van der Waals surface area contributed by atoms with Gasteiger partial charge in [-0.3, -0.25) is 0 Å². The van der Waals surface area contributed by atoms with E-state index in [9.17, 15) is 0 Å². The normalized spacial score (nSPS) is 11.3. The van der Waals surface area contributed by atoms with Gasteiger partial charge in [0, 0.05) is 31.3 Å². The number of rotatable bonds is 8. The molecule has 0 aliphatic carbocycles. The predicted octanol–water partition coefficient (Wildman–Crippen LogP) is 3.08. The molecule has 0 saturated carbocycles. The van der Waals surface area contributed by atoms with Crippen molar-refractivity contribution in [2.45, 2.75) is 38.6 Å². The van der Waals surface area contributed by atoms with Crippen LogP contribution in [0.5, 0.6) is 0 Å². The van der Waals surface area contributed by atoms with Gasteiger partial charge in [-0.05, 0) is 13.1 Å². The van der Waals surface area contributed by atoms with Crippen LogP contribution in [0.2, 0.25) is 0 Å². The highest BCUT2D eigenvalue weighted by molar-refractivity contribution is 7.99. The molecule has 0 atom stereocenters. The van der Waals surface area contributed by atoms with Crippen molar-refractivity contribution >= 4 is 17.6 Å². The van der Waals surface area contributed by atoms with E-state index in [2.05, 4.69) is 47.9 Å². The number of thioether (sulfide) groups is 1. The monoisotopic (exact) mass is 282 g/mol. The van der Waals surface area contributed by atoms with E-state index in [4.69, 9.17) is 0 Å². The standard InChI is InChI=1S/C14H26N4S/c1-6-18(7-2)8-9-19-13-10-12(15-5)16-14(17-13)11(3)4/h10-11H,6-9H2,1-5H3,(H,15,16,17). The molecule has 5 heteroatoms. The van der Waals surface area contributed by atoms with E-state index in [0.717, 1.165) is 42.1 Å². The van der Waals surface area contributed by atoms with Gasteiger partial charge in [0.1, 0.15) is 16.7 Å². The molecule has 0 bridgehead atoms. The first kappa shape index (κ1) is 16.2. The molecule has 1 N–H and O–H groups in total. The smallest absolute Gasteiger partial charge is 0.134 e. The van der Waals surface area contributed by atoms with Crippen LogP contribution in [0.4, 0.5) is 5.82 Å². The van der Waals surface area contributed by atoms with Crippen molar-refractivity contribution in [2.24, 2.45) is 0 Å². The Morgan fingerprint density at radius 1 is 1.26 bits per heavy atom. The first-order chi connectivity index (χ1) is 9.10. The summed E-state index contributed by atoms with van der Waals surface area (Å²) in [6.45, 7) is 12.0. The largest absolute Gasteiger partial charge is 0.373 e. The molecule has 0 unspecified atom stereocenters. The number of aromatic nitrogens is 2. The lowest BCUT2D eigenvalue weighted by Gasteiger charge is -2.17. The third kappa shape index (κ3) is 5.37. The molecular formula is C14H26N4S. The van der Waals surface area contributed by atoms with Gasteiger partial charge in [0.2, 0.25) is 0 Å². The summed E-state index contributed by atoms with van der Waals surface area (Å²) in [5, 5.41) is 4.17. The third-order valence-corrected chi connectivity index (χ3v) is 3.94. The Labute approximate surface area is 121 Å². The Morgan fingerprint density at radius 2 is 1.95 bits per heavy atom. The fraction of sp³-hybridized carbons (Fsp3) is 0.714. The van der Waals surface area contributed by atoms with Crippen LogP contribution in [0, 0.1) is 0 Å². The van der Waals surface area contributed by atoms with E-state index in [1.165, 1.54) is 0 Å². The number of anilines is 1. The van der Waals surface area contributed by atoms with Crippen molar-refractivity contribution in [3.8, 4) is 0 Å². The van der Waals surface area contributed by atoms with Crippen molar-refractivity contribution < 1.29 is 0 Å². The molecule has 1 aromatic rings. The van der Waals surface area contributed by atoms with Gasteiger partial charge in [0.25, 0.3) is 0 Å². The molecule has 4 nitrogen and oxygen atoms in total. The molecule has 0 spiro atoms. The highest BCUT2D eigenvalue weighted by atomic mass is 32.2. The van der Waals surface area contributed by atoms with Gasteiger partial charge in [-0.15, -0.1) is 11.8 Å². The molecule has 0 aromatic carbocycles. The van der Waals surface area contributed by atoms with Crippen LogP contribution in [0.15, 0.2) is 11.1 Å². The molecule has 1 heterocycles. The van der Waals surface area contributed by atoms with E-state index in [0.29, 0.717) is 5.92 Å². The average Bonchev–Trinajstić information content (AvgIpc) is 2.43. The van der Waals surface area contributed by atoms with Crippen molar-refractivity contribution in [1.82, 2.24) is 14.9 Å².